The van der Waals surface area contributed by atoms with Gasteiger partial charge in [0.2, 0.25) is 0 Å². The Kier molecular flexibility index (Phi) is 2.42. The molecule has 1 saturated carbocycles. The van der Waals surface area contributed by atoms with Crippen LogP contribution in [-0.2, 0) is 14.3 Å². The van der Waals surface area contributed by atoms with E-state index in [2.05, 4.69) is 0 Å². The van der Waals surface area contributed by atoms with E-state index in [9.17, 15) is 4.79 Å². The molecule has 1 saturated heterocycles. The molecule has 0 radical (unpaired) electrons. The molecule has 68 valence electrons. The third kappa shape index (κ3) is 1.67. The van der Waals surface area contributed by atoms with Gasteiger partial charge in [0.1, 0.15) is 5.78 Å². The van der Waals surface area contributed by atoms with Gasteiger partial charge in [-0.2, -0.15) is 0 Å². The molecule has 0 aromatic heterocycles. The molecule has 0 bridgehead atoms. The Morgan fingerprint density at radius 2 is 2.00 bits per heavy atom. The van der Waals surface area contributed by atoms with E-state index in [1.807, 2.05) is 0 Å². The zero-order valence-electron chi connectivity index (χ0n) is 7.12. The molecule has 0 aromatic carbocycles. The molecule has 2 rings (SSSR count). The van der Waals surface area contributed by atoms with Gasteiger partial charge in [0.15, 0.2) is 6.29 Å². The van der Waals surface area contributed by atoms with Crippen LogP contribution in [0.2, 0.25) is 0 Å². The third-order valence-corrected chi connectivity index (χ3v) is 2.55. The maximum absolute atomic E-state index is 11.1. The highest BCUT2D eigenvalue weighted by atomic mass is 16.7. The fourth-order valence-electron chi connectivity index (χ4n) is 1.94. The molecule has 3 heteroatoms. The maximum Gasteiger partial charge on any atom is 0.161 e. The largest absolute Gasteiger partial charge is 0.350 e. The Morgan fingerprint density at radius 3 is 2.67 bits per heavy atom. The van der Waals surface area contributed by atoms with Crippen molar-refractivity contribution in [2.75, 3.05) is 13.2 Å². The number of carbonyl (C=O) groups is 1. The monoisotopic (exact) mass is 170 g/mol. The summed E-state index contributed by atoms with van der Waals surface area (Å²) >= 11 is 0. The van der Waals surface area contributed by atoms with Crippen molar-refractivity contribution in [1.82, 2.24) is 0 Å². The van der Waals surface area contributed by atoms with E-state index in [-0.39, 0.29) is 6.29 Å². The average molecular weight is 170 g/mol. The van der Waals surface area contributed by atoms with Crippen LogP contribution in [0.1, 0.15) is 25.7 Å². The molecule has 1 unspecified atom stereocenters. The second kappa shape index (κ2) is 3.54. The molecule has 1 aliphatic heterocycles. The van der Waals surface area contributed by atoms with Crippen LogP contribution in [-0.4, -0.2) is 25.3 Å². The minimum atomic E-state index is -0.0887. The number of hydrogen-bond donors (Lipinski definition) is 0. The molecule has 0 amide bonds. The highest BCUT2D eigenvalue weighted by Gasteiger charge is 2.30. The second-order valence-electron chi connectivity index (χ2n) is 3.51. The topological polar surface area (TPSA) is 35.5 Å². The minimum absolute atomic E-state index is 0.0887. The highest BCUT2D eigenvalue weighted by molar-refractivity contribution is 5.79. The fraction of sp³-hybridized carbons (Fsp3) is 0.889. The van der Waals surface area contributed by atoms with Crippen molar-refractivity contribution in [2.45, 2.75) is 32.0 Å². The summed E-state index contributed by atoms with van der Waals surface area (Å²) in [5.41, 5.74) is 0. The van der Waals surface area contributed by atoms with Crippen LogP contribution < -0.4 is 0 Å². The van der Waals surface area contributed by atoms with Gasteiger partial charge in [0, 0.05) is 18.8 Å². The quantitative estimate of drug-likeness (QED) is 0.591. The lowest BCUT2D eigenvalue weighted by molar-refractivity contribution is -0.131. The summed E-state index contributed by atoms with van der Waals surface area (Å²) in [4.78, 5) is 11.1. The lowest BCUT2D eigenvalue weighted by Crippen LogP contribution is -2.27. The van der Waals surface area contributed by atoms with Gasteiger partial charge in [0.25, 0.3) is 0 Å². The van der Waals surface area contributed by atoms with Crippen LogP contribution in [0.15, 0.2) is 0 Å². The first-order chi connectivity index (χ1) is 5.86. The van der Waals surface area contributed by atoms with Crippen molar-refractivity contribution in [1.29, 1.82) is 0 Å². The number of ether oxygens (including phenoxy) is 2. The molecule has 0 N–H and O–H groups in total. The standard InChI is InChI=1S/C9H14O3/c10-8-3-1-2-7(6-8)9-11-4-5-12-9/h7,9H,1-6H2. The number of carbonyl (C=O) groups excluding carboxylic acids is 1. The molecule has 1 atom stereocenters. The zero-order valence-corrected chi connectivity index (χ0v) is 7.12. The SMILES string of the molecule is O=C1CCCC(C2OCCO2)C1. The van der Waals surface area contributed by atoms with Crippen molar-refractivity contribution in [3.63, 3.8) is 0 Å². The minimum Gasteiger partial charge on any atom is -0.350 e. The first kappa shape index (κ1) is 8.20. The van der Waals surface area contributed by atoms with Gasteiger partial charge in [-0.3, -0.25) is 4.79 Å². The average Bonchev–Trinajstić information content (AvgIpc) is 2.56. The first-order valence-corrected chi connectivity index (χ1v) is 4.61. The summed E-state index contributed by atoms with van der Waals surface area (Å²) in [5.74, 6) is 0.694. The summed E-state index contributed by atoms with van der Waals surface area (Å²) in [6.45, 7) is 1.38. The third-order valence-electron chi connectivity index (χ3n) is 2.55. The van der Waals surface area contributed by atoms with E-state index in [1.54, 1.807) is 0 Å². The first-order valence-electron chi connectivity index (χ1n) is 4.61. The van der Waals surface area contributed by atoms with E-state index >= 15 is 0 Å². The van der Waals surface area contributed by atoms with Crippen LogP contribution in [0.5, 0.6) is 0 Å². The van der Waals surface area contributed by atoms with E-state index in [1.165, 1.54) is 0 Å². The summed E-state index contributed by atoms with van der Waals surface area (Å²) < 4.78 is 10.7. The molecule has 2 aliphatic rings. The predicted molar refractivity (Wildman–Crippen MR) is 42.7 cm³/mol. The lowest BCUT2D eigenvalue weighted by atomic mass is 9.88. The van der Waals surface area contributed by atoms with E-state index in [0.717, 1.165) is 19.3 Å². The second-order valence-corrected chi connectivity index (χ2v) is 3.51. The normalized spacial score (nSPS) is 32.7. The number of ketones is 1. The van der Waals surface area contributed by atoms with E-state index in [0.29, 0.717) is 31.3 Å². The maximum atomic E-state index is 11.1. The predicted octanol–water partition coefficient (Wildman–Crippen LogP) is 1.12. The van der Waals surface area contributed by atoms with Gasteiger partial charge in [-0.25, -0.2) is 0 Å². The van der Waals surface area contributed by atoms with E-state index < -0.39 is 0 Å². The Balaban J connectivity index is 1.89. The Bertz CT molecular complexity index is 173. The van der Waals surface area contributed by atoms with Gasteiger partial charge >= 0.3 is 0 Å². The Hall–Kier alpha value is -0.410. The van der Waals surface area contributed by atoms with Crippen LogP contribution in [0.3, 0.4) is 0 Å². The number of Topliss-reactive ketones (excluding diaryl/α,β-unsaturated/α-hetero) is 1. The van der Waals surface area contributed by atoms with Gasteiger partial charge < -0.3 is 9.47 Å². The molecule has 3 nitrogen and oxygen atoms in total. The van der Waals surface area contributed by atoms with Crippen LogP contribution in [0.25, 0.3) is 0 Å². The summed E-state index contributed by atoms with van der Waals surface area (Å²) in [6.07, 6.45) is 3.41. The summed E-state index contributed by atoms with van der Waals surface area (Å²) in [5, 5.41) is 0. The number of rotatable bonds is 1. The Labute approximate surface area is 72.0 Å². The zero-order chi connectivity index (χ0) is 8.39. The van der Waals surface area contributed by atoms with Crippen molar-refractivity contribution < 1.29 is 14.3 Å². The van der Waals surface area contributed by atoms with Crippen LogP contribution >= 0.6 is 0 Å². The van der Waals surface area contributed by atoms with Crippen molar-refractivity contribution in [3.8, 4) is 0 Å². The van der Waals surface area contributed by atoms with Crippen molar-refractivity contribution in [2.24, 2.45) is 5.92 Å². The van der Waals surface area contributed by atoms with E-state index in [4.69, 9.17) is 9.47 Å². The van der Waals surface area contributed by atoms with Gasteiger partial charge in [-0.15, -0.1) is 0 Å². The molecule has 0 aromatic rings. The van der Waals surface area contributed by atoms with Crippen molar-refractivity contribution in [3.05, 3.63) is 0 Å². The molecule has 1 heterocycles. The highest BCUT2D eigenvalue weighted by Crippen LogP contribution is 2.28. The Morgan fingerprint density at radius 1 is 1.25 bits per heavy atom. The smallest absolute Gasteiger partial charge is 0.161 e. The molecular weight excluding hydrogens is 156 g/mol. The van der Waals surface area contributed by atoms with Gasteiger partial charge in [0.05, 0.1) is 13.2 Å². The summed E-state index contributed by atoms with van der Waals surface area (Å²) in [7, 11) is 0. The van der Waals surface area contributed by atoms with Gasteiger partial charge in [-0.05, 0) is 12.8 Å². The summed E-state index contributed by atoms with van der Waals surface area (Å²) in [6, 6.07) is 0. The lowest BCUT2D eigenvalue weighted by Gasteiger charge is -2.24. The molecule has 1 aliphatic carbocycles. The number of hydrogen-bond acceptors (Lipinski definition) is 3. The molecule has 12 heavy (non-hydrogen) atoms. The van der Waals surface area contributed by atoms with Crippen molar-refractivity contribution >= 4 is 5.78 Å². The fourth-order valence-corrected chi connectivity index (χ4v) is 1.94. The molecular formula is C9H14O3. The van der Waals surface area contributed by atoms with Crippen LogP contribution in [0, 0.1) is 5.92 Å². The molecule has 2 fully saturated rings. The molecule has 0 spiro atoms. The van der Waals surface area contributed by atoms with Gasteiger partial charge in [-0.1, -0.05) is 0 Å². The van der Waals surface area contributed by atoms with Crippen LogP contribution in [0.4, 0.5) is 0 Å².